The molecule has 2 atom stereocenters. The van der Waals surface area contributed by atoms with E-state index >= 15 is 0 Å². The number of aromatic amines is 1. The van der Waals surface area contributed by atoms with E-state index in [1.807, 2.05) is 11.0 Å². The largest absolute Gasteiger partial charge is 0.466 e. The molecule has 3 heterocycles. The second-order valence-electron chi connectivity index (χ2n) is 6.42. The van der Waals surface area contributed by atoms with Crippen molar-refractivity contribution in [3.05, 3.63) is 35.5 Å². The van der Waals surface area contributed by atoms with E-state index in [4.69, 9.17) is 4.74 Å². The number of carbonyl (C=O) groups is 2. The SMILES string of the molecule is CC(=O)OCC[C@H]1C[C@@H]2c3[nH]c4ccccc4c3CCN2C1=O. The first kappa shape index (κ1) is 14.3. The molecule has 120 valence electrons. The normalized spacial score (nSPS) is 23.0. The standard InChI is InChI=1S/C18H20N2O3/c1-11(21)23-9-7-12-10-16-17-14(6-8-20(16)18(12)22)13-4-2-3-5-15(13)19-17/h2-5,12,16,19H,6-10H2,1H3/t12-,16+/m0/s1. The van der Waals surface area contributed by atoms with Crippen molar-refractivity contribution < 1.29 is 14.3 Å². The molecule has 1 saturated heterocycles. The summed E-state index contributed by atoms with van der Waals surface area (Å²) in [6.07, 6.45) is 2.32. The molecule has 2 aliphatic heterocycles. The minimum Gasteiger partial charge on any atom is -0.466 e. The molecule has 0 saturated carbocycles. The number of nitrogens with zero attached hydrogens (tertiary/aromatic N) is 1. The van der Waals surface area contributed by atoms with Crippen LogP contribution in [-0.2, 0) is 20.7 Å². The maximum Gasteiger partial charge on any atom is 0.302 e. The second kappa shape index (κ2) is 5.41. The summed E-state index contributed by atoms with van der Waals surface area (Å²) in [4.78, 5) is 29.0. The Bertz CT molecular complexity index is 780. The summed E-state index contributed by atoms with van der Waals surface area (Å²) in [5, 5.41) is 1.28. The first-order chi connectivity index (χ1) is 11.1. The van der Waals surface area contributed by atoms with Crippen molar-refractivity contribution >= 4 is 22.8 Å². The smallest absolute Gasteiger partial charge is 0.302 e. The van der Waals surface area contributed by atoms with Gasteiger partial charge in [0, 0.05) is 36.0 Å². The lowest BCUT2D eigenvalue weighted by Gasteiger charge is -2.29. The van der Waals surface area contributed by atoms with Gasteiger partial charge in [-0.05, 0) is 30.9 Å². The number of esters is 1. The average Bonchev–Trinajstić information content (AvgIpc) is 3.06. The fourth-order valence-electron chi connectivity index (χ4n) is 4.02. The number of hydrogen-bond donors (Lipinski definition) is 1. The van der Waals surface area contributed by atoms with Crippen LogP contribution in [0.4, 0.5) is 0 Å². The molecule has 1 N–H and O–H groups in total. The van der Waals surface area contributed by atoms with Gasteiger partial charge in [-0.15, -0.1) is 0 Å². The van der Waals surface area contributed by atoms with E-state index in [9.17, 15) is 9.59 Å². The highest BCUT2D eigenvalue weighted by atomic mass is 16.5. The number of fused-ring (bicyclic) bond motifs is 5. The Kier molecular flexibility index (Phi) is 3.36. The first-order valence-electron chi connectivity index (χ1n) is 8.18. The maximum atomic E-state index is 12.6. The number of amides is 1. The van der Waals surface area contributed by atoms with Gasteiger partial charge in [0.2, 0.25) is 5.91 Å². The van der Waals surface area contributed by atoms with Gasteiger partial charge < -0.3 is 14.6 Å². The number of aromatic nitrogens is 1. The molecule has 0 aliphatic carbocycles. The molecule has 5 nitrogen and oxygen atoms in total. The fraction of sp³-hybridized carbons (Fsp3) is 0.444. The van der Waals surface area contributed by atoms with Gasteiger partial charge >= 0.3 is 5.97 Å². The number of H-pyrrole nitrogens is 1. The third-order valence-electron chi connectivity index (χ3n) is 5.07. The number of para-hydroxylation sites is 1. The molecule has 0 radical (unpaired) electrons. The molecule has 1 aromatic carbocycles. The van der Waals surface area contributed by atoms with Crippen LogP contribution in [0.3, 0.4) is 0 Å². The molecule has 5 heteroatoms. The van der Waals surface area contributed by atoms with Gasteiger partial charge in [0.1, 0.15) is 0 Å². The van der Waals surface area contributed by atoms with Crippen molar-refractivity contribution in [2.45, 2.75) is 32.2 Å². The van der Waals surface area contributed by atoms with Crippen LogP contribution in [0, 0.1) is 5.92 Å². The molecule has 2 aromatic rings. The summed E-state index contributed by atoms with van der Waals surface area (Å²) >= 11 is 0. The fourth-order valence-corrected chi connectivity index (χ4v) is 4.02. The Labute approximate surface area is 134 Å². The molecule has 2 aliphatic rings. The topological polar surface area (TPSA) is 62.4 Å². The number of hydrogen-bond acceptors (Lipinski definition) is 3. The molecular formula is C18H20N2O3. The zero-order valence-corrected chi connectivity index (χ0v) is 13.2. The molecule has 4 rings (SSSR count). The Hall–Kier alpha value is -2.30. The van der Waals surface area contributed by atoms with E-state index in [0.29, 0.717) is 13.0 Å². The van der Waals surface area contributed by atoms with Crippen molar-refractivity contribution in [3.63, 3.8) is 0 Å². The molecule has 1 amide bonds. The Morgan fingerprint density at radius 1 is 1.39 bits per heavy atom. The molecule has 0 bridgehead atoms. The van der Waals surface area contributed by atoms with Gasteiger partial charge in [0.25, 0.3) is 0 Å². The molecular weight excluding hydrogens is 292 g/mol. The van der Waals surface area contributed by atoms with Crippen LogP contribution in [0.1, 0.15) is 37.1 Å². The summed E-state index contributed by atoms with van der Waals surface area (Å²) < 4.78 is 5.01. The molecule has 1 fully saturated rings. The maximum absolute atomic E-state index is 12.6. The number of carbonyl (C=O) groups excluding carboxylic acids is 2. The van der Waals surface area contributed by atoms with Crippen LogP contribution in [0.15, 0.2) is 24.3 Å². The Morgan fingerprint density at radius 2 is 2.22 bits per heavy atom. The van der Waals surface area contributed by atoms with Crippen LogP contribution in [-0.4, -0.2) is 34.9 Å². The molecule has 1 aromatic heterocycles. The van der Waals surface area contributed by atoms with Gasteiger partial charge in [0.15, 0.2) is 0 Å². The third-order valence-corrected chi connectivity index (χ3v) is 5.07. The van der Waals surface area contributed by atoms with Crippen molar-refractivity contribution in [2.75, 3.05) is 13.2 Å². The van der Waals surface area contributed by atoms with Gasteiger partial charge in [0.05, 0.1) is 12.6 Å². The van der Waals surface area contributed by atoms with Crippen LogP contribution < -0.4 is 0 Å². The van der Waals surface area contributed by atoms with Gasteiger partial charge in [-0.2, -0.15) is 0 Å². The van der Waals surface area contributed by atoms with E-state index in [1.165, 1.54) is 23.6 Å². The summed E-state index contributed by atoms with van der Waals surface area (Å²) in [6.45, 7) is 2.50. The summed E-state index contributed by atoms with van der Waals surface area (Å²) in [5.74, 6) is -0.130. The highest BCUT2D eigenvalue weighted by Gasteiger charge is 2.43. The van der Waals surface area contributed by atoms with Gasteiger partial charge in [-0.3, -0.25) is 9.59 Å². The van der Waals surface area contributed by atoms with E-state index in [1.54, 1.807) is 0 Å². The zero-order chi connectivity index (χ0) is 16.0. The predicted molar refractivity (Wildman–Crippen MR) is 85.8 cm³/mol. The van der Waals surface area contributed by atoms with E-state index in [2.05, 4.69) is 23.2 Å². The number of ether oxygens (including phenoxy) is 1. The lowest BCUT2D eigenvalue weighted by molar-refractivity contribution is -0.142. The minimum absolute atomic E-state index is 0.0447. The predicted octanol–water partition coefficient (Wildman–Crippen LogP) is 2.57. The summed E-state index contributed by atoms with van der Waals surface area (Å²) in [6, 6.07) is 8.47. The van der Waals surface area contributed by atoms with E-state index in [-0.39, 0.29) is 23.8 Å². The van der Waals surface area contributed by atoms with Gasteiger partial charge in [-0.1, -0.05) is 18.2 Å². The van der Waals surface area contributed by atoms with Crippen molar-refractivity contribution in [2.24, 2.45) is 5.92 Å². The zero-order valence-electron chi connectivity index (χ0n) is 13.2. The monoisotopic (exact) mass is 312 g/mol. The third kappa shape index (κ3) is 2.31. The van der Waals surface area contributed by atoms with E-state index in [0.717, 1.165) is 24.9 Å². The van der Waals surface area contributed by atoms with Crippen molar-refractivity contribution in [1.82, 2.24) is 9.88 Å². The quantitative estimate of drug-likeness (QED) is 0.886. The lowest BCUT2D eigenvalue weighted by Crippen LogP contribution is -2.35. The Morgan fingerprint density at radius 3 is 3.04 bits per heavy atom. The molecule has 0 spiro atoms. The van der Waals surface area contributed by atoms with Crippen LogP contribution >= 0.6 is 0 Å². The second-order valence-corrected chi connectivity index (χ2v) is 6.42. The summed E-state index contributed by atoms with van der Waals surface area (Å²) in [5.41, 5.74) is 3.70. The number of nitrogens with one attached hydrogen (secondary N) is 1. The van der Waals surface area contributed by atoms with Crippen LogP contribution in [0.2, 0.25) is 0 Å². The highest BCUT2D eigenvalue weighted by Crippen LogP contribution is 2.43. The van der Waals surface area contributed by atoms with E-state index < -0.39 is 0 Å². The molecule has 23 heavy (non-hydrogen) atoms. The van der Waals surface area contributed by atoms with Crippen molar-refractivity contribution in [3.8, 4) is 0 Å². The van der Waals surface area contributed by atoms with Gasteiger partial charge in [-0.25, -0.2) is 0 Å². The number of benzene rings is 1. The highest BCUT2D eigenvalue weighted by molar-refractivity contribution is 5.87. The Balaban J connectivity index is 1.59. The minimum atomic E-state index is -0.286. The van der Waals surface area contributed by atoms with Crippen LogP contribution in [0.5, 0.6) is 0 Å². The van der Waals surface area contributed by atoms with Crippen molar-refractivity contribution in [1.29, 1.82) is 0 Å². The molecule has 0 unspecified atom stereocenters. The summed E-state index contributed by atoms with van der Waals surface area (Å²) in [7, 11) is 0. The first-order valence-corrected chi connectivity index (χ1v) is 8.18. The average molecular weight is 312 g/mol. The number of rotatable bonds is 3. The van der Waals surface area contributed by atoms with Crippen LogP contribution in [0.25, 0.3) is 10.9 Å². The lowest BCUT2D eigenvalue weighted by atomic mass is 9.95.